The van der Waals surface area contributed by atoms with Crippen LogP contribution in [0, 0.1) is 0 Å². The number of nitrogens with zero attached hydrogens (tertiary/aromatic N) is 2. The summed E-state index contributed by atoms with van der Waals surface area (Å²) in [6, 6.07) is 14.8. The zero-order valence-electron chi connectivity index (χ0n) is 17.5. The number of para-hydroxylation sites is 1. The van der Waals surface area contributed by atoms with Gasteiger partial charge in [-0.05, 0) is 50.1 Å². The molecule has 0 aliphatic carbocycles. The van der Waals surface area contributed by atoms with Gasteiger partial charge in [0.1, 0.15) is 6.54 Å². The van der Waals surface area contributed by atoms with E-state index < -0.39 is 0 Å². The summed E-state index contributed by atoms with van der Waals surface area (Å²) in [6.07, 6.45) is 4.12. The first-order valence-corrected chi connectivity index (χ1v) is 11.4. The van der Waals surface area contributed by atoms with E-state index in [0.29, 0.717) is 17.8 Å². The van der Waals surface area contributed by atoms with E-state index in [4.69, 9.17) is 0 Å². The first-order chi connectivity index (χ1) is 15.0. The number of benzene rings is 2. The van der Waals surface area contributed by atoms with Gasteiger partial charge in [0.25, 0.3) is 0 Å². The number of carbonyl (C=O) groups is 3. The zero-order valence-corrected chi connectivity index (χ0v) is 18.3. The van der Waals surface area contributed by atoms with Crippen molar-refractivity contribution in [1.82, 2.24) is 9.47 Å². The number of hydrogen-bond acceptors (Lipinski definition) is 4. The smallest absolute Gasteiger partial charge is 0.242 e. The van der Waals surface area contributed by atoms with E-state index in [9.17, 15) is 14.4 Å². The summed E-state index contributed by atoms with van der Waals surface area (Å²) in [5.74, 6) is 0.267. The predicted octanol–water partition coefficient (Wildman–Crippen LogP) is 4.20. The third-order valence-corrected chi connectivity index (χ3v) is 6.49. The highest BCUT2D eigenvalue weighted by atomic mass is 32.2. The fourth-order valence-corrected chi connectivity index (χ4v) is 4.69. The minimum Gasteiger partial charge on any atom is -0.341 e. The van der Waals surface area contributed by atoms with E-state index in [-0.39, 0.29) is 23.4 Å². The van der Waals surface area contributed by atoms with Gasteiger partial charge in [-0.25, -0.2) is 0 Å². The van der Waals surface area contributed by atoms with Crippen molar-refractivity contribution in [3.05, 3.63) is 60.3 Å². The molecule has 0 unspecified atom stereocenters. The average molecular weight is 436 g/mol. The molecule has 0 radical (unpaired) electrons. The van der Waals surface area contributed by atoms with Crippen LogP contribution < -0.4 is 5.32 Å². The summed E-state index contributed by atoms with van der Waals surface area (Å²) < 4.78 is 1.98. The zero-order chi connectivity index (χ0) is 21.8. The minimum atomic E-state index is -0.120. The van der Waals surface area contributed by atoms with Gasteiger partial charge < -0.3 is 14.8 Å². The fourth-order valence-electron chi connectivity index (χ4n) is 3.80. The van der Waals surface area contributed by atoms with Crippen molar-refractivity contribution in [3.63, 3.8) is 0 Å². The number of fused-ring (bicyclic) bond motifs is 1. The van der Waals surface area contributed by atoms with E-state index in [1.807, 2.05) is 39.9 Å². The Kier molecular flexibility index (Phi) is 6.42. The highest BCUT2D eigenvalue weighted by Gasteiger charge is 2.19. The number of thioether (sulfide) groups is 1. The molecule has 1 aliphatic rings. The van der Waals surface area contributed by atoms with Crippen molar-refractivity contribution in [2.75, 3.05) is 24.2 Å². The van der Waals surface area contributed by atoms with Gasteiger partial charge in [0.05, 0.1) is 5.75 Å². The molecule has 2 amide bonds. The Morgan fingerprint density at radius 1 is 1.00 bits per heavy atom. The van der Waals surface area contributed by atoms with Gasteiger partial charge in [-0.3, -0.25) is 14.4 Å². The molecule has 6 nitrogen and oxygen atoms in total. The maximum absolute atomic E-state index is 12.6. The molecule has 2 aromatic carbocycles. The lowest BCUT2D eigenvalue weighted by atomic mass is 10.1. The Hall–Kier alpha value is -3.06. The molecule has 0 saturated carbocycles. The average Bonchev–Trinajstić information content (AvgIpc) is 3.42. The molecule has 0 spiro atoms. The topological polar surface area (TPSA) is 71.4 Å². The van der Waals surface area contributed by atoms with E-state index in [1.165, 1.54) is 18.7 Å². The van der Waals surface area contributed by atoms with Crippen LogP contribution in [0.5, 0.6) is 0 Å². The maximum atomic E-state index is 12.6. The second kappa shape index (κ2) is 9.39. The number of ketones is 1. The third kappa shape index (κ3) is 4.99. The summed E-state index contributed by atoms with van der Waals surface area (Å²) >= 11 is 1.45. The molecule has 31 heavy (non-hydrogen) atoms. The van der Waals surface area contributed by atoms with Crippen LogP contribution in [0.1, 0.15) is 30.1 Å². The monoisotopic (exact) mass is 435 g/mol. The maximum Gasteiger partial charge on any atom is 0.242 e. The standard InChI is InChI=1S/C24H25N3O3S/c1-17(28)18-8-10-19(11-9-18)25-23(29)16-31-22-14-27(21-7-3-2-6-20(21)22)15-24(30)26-12-4-5-13-26/h2-3,6-11,14H,4-5,12-13,15-16H2,1H3,(H,25,29). The largest absolute Gasteiger partial charge is 0.341 e. The van der Waals surface area contributed by atoms with E-state index in [0.717, 1.165) is 41.7 Å². The first kappa shape index (κ1) is 21.2. The third-order valence-electron chi connectivity index (χ3n) is 5.45. The molecule has 7 heteroatoms. The number of rotatable bonds is 7. The van der Waals surface area contributed by atoms with Crippen molar-refractivity contribution in [3.8, 4) is 0 Å². The molecule has 1 fully saturated rings. The van der Waals surface area contributed by atoms with Gasteiger partial charge in [-0.2, -0.15) is 0 Å². The van der Waals surface area contributed by atoms with Crippen LogP contribution in [0.4, 0.5) is 5.69 Å². The molecule has 1 aromatic heterocycles. The van der Waals surface area contributed by atoms with Crippen LogP contribution in [0.2, 0.25) is 0 Å². The molecule has 0 bridgehead atoms. The number of anilines is 1. The predicted molar refractivity (Wildman–Crippen MR) is 124 cm³/mol. The summed E-state index contributed by atoms with van der Waals surface area (Å²) in [7, 11) is 0. The quantitative estimate of drug-likeness (QED) is 0.446. The van der Waals surface area contributed by atoms with Crippen molar-refractivity contribution < 1.29 is 14.4 Å². The van der Waals surface area contributed by atoms with Crippen molar-refractivity contribution in [1.29, 1.82) is 0 Å². The van der Waals surface area contributed by atoms with Crippen LogP contribution in [0.3, 0.4) is 0 Å². The second-order valence-electron chi connectivity index (χ2n) is 7.70. The van der Waals surface area contributed by atoms with Crippen LogP contribution in [-0.4, -0.2) is 45.9 Å². The first-order valence-electron chi connectivity index (χ1n) is 10.4. The minimum absolute atomic E-state index is 0.00645. The lowest BCUT2D eigenvalue weighted by Crippen LogP contribution is -2.30. The lowest BCUT2D eigenvalue weighted by molar-refractivity contribution is -0.130. The molecule has 0 atom stereocenters. The van der Waals surface area contributed by atoms with Crippen LogP contribution in [0.15, 0.2) is 59.6 Å². The molecule has 1 saturated heterocycles. The van der Waals surface area contributed by atoms with E-state index >= 15 is 0 Å². The molecular weight excluding hydrogens is 410 g/mol. The van der Waals surface area contributed by atoms with Gasteiger partial charge in [-0.1, -0.05) is 18.2 Å². The van der Waals surface area contributed by atoms with Crippen molar-refractivity contribution in [2.24, 2.45) is 0 Å². The lowest BCUT2D eigenvalue weighted by Gasteiger charge is -2.15. The Balaban J connectivity index is 1.42. The molecule has 1 N–H and O–H groups in total. The highest BCUT2D eigenvalue weighted by molar-refractivity contribution is 8.00. The number of nitrogens with one attached hydrogen (secondary N) is 1. The van der Waals surface area contributed by atoms with Gasteiger partial charge >= 0.3 is 0 Å². The van der Waals surface area contributed by atoms with Gasteiger partial charge in [0.2, 0.25) is 11.8 Å². The molecule has 3 aromatic rings. The normalized spacial score (nSPS) is 13.5. The number of Topliss-reactive ketones (excluding diaryl/α,β-unsaturated/α-hetero) is 1. The van der Waals surface area contributed by atoms with E-state index in [2.05, 4.69) is 5.32 Å². The van der Waals surface area contributed by atoms with E-state index in [1.54, 1.807) is 24.3 Å². The molecule has 4 rings (SSSR count). The van der Waals surface area contributed by atoms with Gasteiger partial charge in [0.15, 0.2) is 5.78 Å². The van der Waals surface area contributed by atoms with Crippen LogP contribution >= 0.6 is 11.8 Å². The van der Waals surface area contributed by atoms with Crippen molar-refractivity contribution >= 4 is 45.9 Å². The number of aromatic nitrogens is 1. The summed E-state index contributed by atoms with van der Waals surface area (Å²) in [5, 5.41) is 3.91. The molecular formula is C24H25N3O3S. The number of amides is 2. The SMILES string of the molecule is CC(=O)c1ccc(NC(=O)CSc2cn(CC(=O)N3CCCC3)c3ccccc23)cc1. The summed E-state index contributed by atoms with van der Waals surface area (Å²) in [6.45, 7) is 3.51. The Morgan fingerprint density at radius 2 is 1.71 bits per heavy atom. The Labute approximate surface area is 185 Å². The Morgan fingerprint density at radius 3 is 2.42 bits per heavy atom. The second-order valence-corrected chi connectivity index (χ2v) is 8.71. The summed E-state index contributed by atoms with van der Waals surface area (Å²) in [4.78, 5) is 39.3. The highest BCUT2D eigenvalue weighted by Crippen LogP contribution is 2.30. The number of likely N-dealkylation sites (tertiary alicyclic amines) is 1. The van der Waals surface area contributed by atoms with Gasteiger partial charge in [0, 0.05) is 46.3 Å². The van der Waals surface area contributed by atoms with Crippen LogP contribution in [-0.2, 0) is 16.1 Å². The van der Waals surface area contributed by atoms with Gasteiger partial charge in [-0.15, -0.1) is 11.8 Å². The number of hydrogen-bond donors (Lipinski definition) is 1. The number of carbonyl (C=O) groups excluding carboxylic acids is 3. The van der Waals surface area contributed by atoms with Crippen molar-refractivity contribution in [2.45, 2.75) is 31.2 Å². The summed E-state index contributed by atoms with van der Waals surface area (Å²) in [5.41, 5.74) is 2.27. The molecule has 160 valence electrons. The Bertz CT molecular complexity index is 1110. The molecule has 2 heterocycles. The fraction of sp³-hybridized carbons (Fsp3) is 0.292. The van der Waals surface area contributed by atoms with Crippen LogP contribution in [0.25, 0.3) is 10.9 Å². The molecule has 1 aliphatic heterocycles.